The molecule has 1 saturated carbocycles. The Morgan fingerprint density at radius 2 is 1.09 bits per heavy atom. The van der Waals surface area contributed by atoms with Gasteiger partial charge in [-0.05, 0) is 58.7 Å². The first-order chi connectivity index (χ1) is 16.0. The predicted molar refractivity (Wildman–Crippen MR) is 136 cm³/mol. The summed E-state index contributed by atoms with van der Waals surface area (Å²) in [7, 11) is 0. The van der Waals surface area contributed by atoms with Crippen molar-refractivity contribution in [3.8, 4) is 0 Å². The SMILES string of the molecule is O=C1[C@@H]2[C@@H](C(=O)N1c1ccccc1)[C@H]1C=C[C@H]2C1=C(c1ccc(Br)cc1)c1ccc(Br)cc1. The van der Waals surface area contributed by atoms with Gasteiger partial charge in [0.15, 0.2) is 0 Å². The number of amides is 2. The molecule has 3 aromatic carbocycles. The Labute approximate surface area is 209 Å². The highest BCUT2D eigenvalue weighted by atomic mass is 79.9. The molecule has 1 saturated heterocycles. The molecule has 1 aliphatic heterocycles. The van der Waals surface area contributed by atoms with Crippen LogP contribution >= 0.6 is 31.9 Å². The highest BCUT2D eigenvalue weighted by Crippen LogP contribution is 2.58. The van der Waals surface area contributed by atoms with Crippen molar-refractivity contribution in [3.05, 3.63) is 117 Å². The molecule has 3 nitrogen and oxygen atoms in total. The Bertz CT molecular complexity index is 1250. The second-order valence-corrected chi connectivity index (χ2v) is 10.5. The molecule has 3 aliphatic rings. The number of carbonyl (C=O) groups is 2. The number of anilines is 1. The summed E-state index contributed by atoms with van der Waals surface area (Å²) in [6.45, 7) is 0. The topological polar surface area (TPSA) is 37.4 Å². The third-order valence-corrected chi connectivity index (χ3v) is 8.04. The van der Waals surface area contributed by atoms with Crippen LogP contribution in [-0.4, -0.2) is 11.8 Å². The summed E-state index contributed by atoms with van der Waals surface area (Å²) in [5, 5.41) is 0. The molecule has 5 heteroatoms. The van der Waals surface area contributed by atoms with Crippen LogP contribution in [0, 0.1) is 23.7 Å². The summed E-state index contributed by atoms with van der Waals surface area (Å²) in [5.74, 6) is -1.01. The van der Waals surface area contributed by atoms with Crippen LogP contribution in [0.1, 0.15) is 11.1 Å². The lowest BCUT2D eigenvalue weighted by atomic mass is 9.85. The summed E-state index contributed by atoms with van der Waals surface area (Å²) in [6.07, 6.45) is 4.27. The predicted octanol–water partition coefficient (Wildman–Crippen LogP) is 6.64. The van der Waals surface area contributed by atoms with Crippen molar-refractivity contribution in [3.63, 3.8) is 0 Å². The summed E-state index contributed by atoms with van der Waals surface area (Å²) in [4.78, 5) is 28.5. The van der Waals surface area contributed by atoms with Gasteiger partial charge >= 0.3 is 0 Å². The van der Waals surface area contributed by atoms with Crippen LogP contribution in [0.3, 0.4) is 0 Å². The number of nitrogens with zero attached hydrogens (tertiary/aromatic N) is 1. The maximum Gasteiger partial charge on any atom is 0.238 e. The van der Waals surface area contributed by atoms with E-state index in [2.05, 4.69) is 68.3 Å². The monoisotopic (exact) mass is 559 g/mol. The maximum absolute atomic E-state index is 13.6. The number of carbonyl (C=O) groups excluding carboxylic acids is 2. The average molecular weight is 561 g/mol. The number of hydrogen-bond acceptors (Lipinski definition) is 2. The molecular formula is C28H19Br2NO2. The lowest BCUT2D eigenvalue weighted by Gasteiger charge is -2.21. The molecule has 0 N–H and O–H groups in total. The number of imide groups is 1. The lowest BCUT2D eigenvalue weighted by Crippen LogP contribution is -2.33. The van der Waals surface area contributed by atoms with Gasteiger partial charge < -0.3 is 0 Å². The van der Waals surface area contributed by atoms with Crippen LogP contribution in [0.2, 0.25) is 0 Å². The molecule has 0 aromatic heterocycles. The second kappa shape index (κ2) is 7.93. The Morgan fingerprint density at radius 3 is 1.55 bits per heavy atom. The van der Waals surface area contributed by atoms with Gasteiger partial charge in [0.25, 0.3) is 0 Å². The van der Waals surface area contributed by atoms with E-state index >= 15 is 0 Å². The number of benzene rings is 3. The number of rotatable bonds is 3. The van der Waals surface area contributed by atoms with Crippen LogP contribution in [0.4, 0.5) is 5.69 Å². The number of allylic oxidation sites excluding steroid dienone is 3. The Hall–Kier alpha value is -2.76. The first-order valence-electron chi connectivity index (χ1n) is 10.9. The summed E-state index contributed by atoms with van der Waals surface area (Å²) < 4.78 is 2.03. The van der Waals surface area contributed by atoms with Crippen LogP contribution < -0.4 is 4.90 Å². The van der Waals surface area contributed by atoms with Crippen molar-refractivity contribution < 1.29 is 9.59 Å². The van der Waals surface area contributed by atoms with Gasteiger partial charge in [0.2, 0.25) is 11.8 Å². The lowest BCUT2D eigenvalue weighted by molar-refractivity contribution is -0.122. The zero-order chi connectivity index (χ0) is 22.7. The molecule has 2 aliphatic carbocycles. The largest absolute Gasteiger partial charge is 0.274 e. The Kier molecular flexibility index (Phi) is 5.00. The standard InChI is InChI=1S/C28H19Br2NO2/c29-18-10-6-16(7-11-18)23(17-8-12-19(30)13-9-17)24-21-14-15-22(24)26-25(21)27(32)31(28(26)33)20-4-2-1-3-5-20/h1-15,21-22,25-26H/t21-,22-,25-,26-/m0/s1. The Balaban J connectivity index is 1.50. The van der Waals surface area contributed by atoms with Crippen LogP contribution in [0.15, 0.2) is 106 Å². The van der Waals surface area contributed by atoms with E-state index in [9.17, 15) is 9.59 Å². The number of halogens is 2. The van der Waals surface area contributed by atoms with Gasteiger partial charge in [-0.3, -0.25) is 9.59 Å². The van der Waals surface area contributed by atoms with Crippen molar-refractivity contribution in [2.45, 2.75) is 0 Å². The fourth-order valence-corrected chi connectivity index (χ4v) is 6.19. The molecule has 1 heterocycles. The Morgan fingerprint density at radius 1 is 0.636 bits per heavy atom. The van der Waals surface area contributed by atoms with E-state index in [4.69, 9.17) is 0 Å². The third-order valence-electron chi connectivity index (χ3n) is 6.98. The van der Waals surface area contributed by atoms with Gasteiger partial charge in [-0.2, -0.15) is 0 Å². The first-order valence-corrected chi connectivity index (χ1v) is 12.5. The number of hydrogen-bond donors (Lipinski definition) is 0. The molecule has 3 aromatic rings. The van der Waals surface area contributed by atoms with Gasteiger partial charge in [-0.1, -0.05) is 86.5 Å². The molecule has 33 heavy (non-hydrogen) atoms. The molecule has 2 fully saturated rings. The molecule has 0 radical (unpaired) electrons. The van der Waals surface area contributed by atoms with Gasteiger partial charge in [0.05, 0.1) is 17.5 Å². The zero-order valence-electron chi connectivity index (χ0n) is 17.5. The quantitative estimate of drug-likeness (QED) is 0.266. The molecule has 0 unspecified atom stereocenters. The highest BCUT2D eigenvalue weighted by Gasteiger charge is 2.62. The van der Waals surface area contributed by atoms with Crippen LogP contribution in [0.25, 0.3) is 5.57 Å². The summed E-state index contributed by atoms with van der Waals surface area (Å²) in [6, 6.07) is 25.8. The number of para-hydroxylation sites is 1. The molecule has 2 amide bonds. The second-order valence-electron chi connectivity index (χ2n) is 8.68. The van der Waals surface area contributed by atoms with Crippen LogP contribution in [0.5, 0.6) is 0 Å². The minimum Gasteiger partial charge on any atom is -0.274 e. The van der Waals surface area contributed by atoms with Crippen molar-refractivity contribution >= 4 is 54.9 Å². The molecule has 6 rings (SSSR count). The van der Waals surface area contributed by atoms with E-state index < -0.39 is 0 Å². The number of fused-ring (bicyclic) bond motifs is 5. The maximum atomic E-state index is 13.6. The fourth-order valence-electron chi connectivity index (χ4n) is 5.66. The summed E-state index contributed by atoms with van der Waals surface area (Å²) in [5.41, 5.74) is 5.15. The first kappa shape index (κ1) is 20.8. The van der Waals surface area contributed by atoms with E-state index in [1.165, 1.54) is 10.5 Å². The van der Waals surface area contributed by atoms with Crippen molar-refractivity contribution in [1.29, 1.82) is 0 Å². The highest BCUT2D eigenvalue weighted by molar-refractivity contribution is 9.10. The van der Waals surface area contributed by atoms with E-state index in [1.54, 1.807) is 0 Å². The van der Waals surface area contributed by atoms with Gasteiger partial charge in [-0.25, -0.2) is 4.90 Å². The van der Waals surface area contributed by atoms with Gasteiger partial charge in [0, 0.05) is 20.8 Å². The smallest absolute Gasteiger partial charge is 0.238 e. The van der Waals surface area contributed by atoms with Crippen molar-refractivity contribution in [2.24, 2.45) is 23.7 Å². The third kappa shape index (κ3) is 3.21. The van der Waals surface area contributed by atoms with Crippen molar-refractivity contribution in [1.82, 2.24) is 0 Å². The van der Waals surface area contributed by atoms with E-state index in [-0.39, 0.29) is 35.5 Å². The van der Waals surface area contributed by atoms with Gasteiger partial charge in [0.1, 0.15) is 0 Å². The van der Waals surface area contributed by atoms with E-state index in [0.717, 1.165) is 25.6 Å². The fraction of sp³-hybridized carbons (Fsp3) is 0.143. The average Bonchev–Trinajstić information content (AvgIpc) is 3.46. The molecule has 4 atom stereocenters. The molecule has 162 valence electrons. The van der Waals surface area contributed by atoms with E-state index in [0.29, 0.717) is 5.69 Å². The zero-order valence-corrected chi connectivity index (χ0v) is 20.7. The van der Waals surface area contributed by atoms with Gasteiger partial charge in [-0.15, -0.1) is 0 Å². The molecule has 0 spiro atoms. The summed E-state index contributed by atoms with van der Waals surface area (Å²) >= 11 is 7.07. The molecule has 2 bridgehead atoms. The minimum absolute atomic E-state index is 0.0764. The van der Waals surface area contributed by atoms with Crippen LogP contribution in [-0.2, 0) is 9.59 Å². The minimum atomic E-state index is -0.344. The van der Waals surface area contributed by atoms with Crippen molar-refractivity contribution in [2.75, 3.05) is 4.90 Å². The normalized spacial score (nSPS) is 25.2. The van der Waals surface area contributed by atoms with E-state index in [1.807, 2.05) is 54.6 Å². The molecular weight excluding hydrogens is 542 g/mol.